The maximum absolute atomic E-state index is 11.4. The number of allylic oxidation sites excluding steroid dienone is 3. The lowest BCUT2D eigenvalue weighted by Crippen LogP contribution is -2.47. The average Bonchev–Trinajstić information content (AvgIpc) is 2.39. The lowest BCUT2D eigenvalue weighted by Gasteiger charge is -2.40. The minimum atomic E-state index is -0.677. The zero-order chi connectivity index (χ0) is 14.1. The summed E-state index contributed by atoms with van der Waals surface area (Å²) in [5, 5.41) is 3.26. The van der Waals surface area contributed by atoms with Gasteiger partial charge in [-0.2, -0.15) is 0 Å². The monoisotopic (exact) mass is 325 g/mol. The summed E-state index contributed by atoms with van der Waals surface area (Å²) in [6, 6.07) is 0. The van der Waals surface area contributed by atoms with Crippen LogP contribution in [0.5, 0.6) is 0 Å². The number of carbonyl (C=O) groups is 1. The van der Waals surface area contributed by atoms with Crippen molar-refractivity contribution in [2.45, 2.75) is 38.8 Å². The predicted octanol–water partition coefficient (Wildman–Crippen LogP) is 3.43. The van der Waals surface area contributed by atoms with Crippen LogP contribution in [0.3, 0.4) is 0 Å². The number of halogens is 1. The molecule has 1 aliphatic heterocycles. The highest BCUT2D eigenvalue weighted by atomic mass is 79.9. The third kappa shape index (κ3) is 2.84. The van der Waals surface area contributed by atoms with Gasteiger partial charge in [0.15, 0.2) is 5.72 Å². The zero-order valence-corrected chi connectivity index (χ0v) is 13.2. The summed E-state index contributed by atoms with van der Waals surface area (Å²) in [5.74, 6) is 0. The molecule has 3 nitrogen and oxygen atoms in total. The Balaban J connectivity index is 2.41. The first-order chi connectivity index (χ1) is 8.92. The van der Waals surface area contributed by atoms with Crippen LogP contribution < -0.4 is 5.32 Å². The Bertz CT molecular complexity index is 477. The summed E-state index contributed by atoms with van der Waals surface area (Å²) < 4.78 is 6.65. The quantitative estimate of drug-likeness (QED) is 0.808. The number of rotatable bonds is 3. The summed E-state index contributed by atoms with van der Waals surface area (Å²) in [5.41, 5.74) is 1.42. The molecule has 1 atom stereocenters. The molecular formula is C15H20BrNO2. The Morgan fingerprint density at radius 1 is 1.47 bits per heavy atom. The number of nitrogens with one attached hydrogen (secondary N) is 1. The molecule has 0 saturated heterocycles. The van der Waals surface area contributed by atoms with Gasteiger partial charge in [-0.25, -0.2) is 0 Å². The molecule has 2 rings (SSSR count). The molecule has 0 saturated carbocycles. The van der Waals surface area contributed by atoms with Crippen molar-refractivity contribution in [3.63, 3.8) is 0 Å². The molecular weight excluding hydrogens is 306 g/mol. The first kappa shape index (κ1) is 14.5. The predicted molar refractivity (Wildman–Crippen MR) is 79.7 cm³/mol. The fourth-order valence-corrected chi connectivity index (χ4v) is 3.03. The van der Waals surface area contributed by atoms with E-state index in [1.165, 1.54) is 0 Å². The van der Waals surface area contributed by atoms with Gasteiger partial charge < -0.3 is 10.1 Å². The largest absolute Gasteiger partial charge is 0.356 e. The second-order valence-electron chi connectivity index (χ2n) is 5.91. The van der Waals surface area contributed by atoms with E-state index < -0.39 is 5.72 Å². The van der Waals surface area contributed by atoms with Gasteiger partial charge in [0.1, 0.15) is 6.29 Å². The van der Waals surface area contributed by atoms with Gasteiger partial charge in [-0.3, -0.25) is 4.79 Å². The highest BCUT2D eigenvalue weighted by Gasteiger charge is 2.38. The summed E-state index contributed by atoms with van der Waals surface area (Å²) in [7, 11) is 1.67. The van der Waals surface area contributed by atoms with Gasteiger partial charge in [0.05, 0.1) is 0 Å². The molecule has 0 amide bonds. The molecule has 4 heteroatoms. The Hall–Kier alpha value is -0.870. The third-order valence-corrected chi connectivity index (χ3v) is 4.42. The highest BCUT2D eigenvalue weighted by Crippen LogP contribution is 2.42. The van der Waals surface area contributed by atoms with Crippen molar-refractivity contribution in [1.82, 2.24) is 5.32 Å². The second-order valence-corrected chi connectivity index (χ2v) is 6.82. The summed E-state index contributed by atoms with van der Waals surface area (Å²) in [4.78, 5) is 11.4. The van der Waals surface area contributed by atoms with E-state index in [0.29, 0.717) is 0 Å². The van der Waals surface area contributed by atoms with Crippen molar-refractivity contribution >= 4 is 22.2 Å². The van der Waals surface area contributed by atoms with E-state index in [1.54, 1.807) is 7.11 Å². The van der Waals surface area contributed by atoms with E-state index in [2.05, 4.69) is 35.1 Å². The van der Waals surface area contributed by atoms with Crippen molar-refractivity contribution in [3.05, 3.63) is 34.0 Å². The van der Waals surface area contributed by atoms with Crippen molar-refractivity contribution in [3.8, 4) is 0 Å². The summed E-state index contributed by atoms with van der Waals surface area (Å²) in [6.45, 7) is 4.40. The van der Waals surface area contributed by atoms with E-state index in [1.807, 2.05) is 18.4 Å². The number of hydrogen-bond acceptors (Lipinski definition) is 3. The minimum absolute atomic E-state index is 0.184. The average molecular weight is 326 g/mol. The molecule has 0 fully saturated rings. The smallest absolute Gasteiger partial charge is 0.180 e. The SMILES string of the molecule is COC1(C2=C(C=O)CC(C)(C)CC2)C=CC(Br)=CN1. The molecule has 0 spiro atoms. The Morgan fingerprint density at radius 3 is 2.74 bits per heavy atom. The molecule has 0 radical (unpaired) electrons. The second kappa shape index (κ2) is 5.25. The van der Waals surface area contributed by atoms with Crippen LogP contribution in [0.25, 0.3) is 0 Å². The van der Waals surface area contributed by atoms with Crippen LogP contribution in [0.2, 0.25) is 0 Å². The van der Waals surface area contributed by atoms with Gasteiger partial charge >= 0.3 is 0 Å². The molecule has 1 unspecified atom stereocenters. The summed E-state index contributed by atoms with van der Waals surface area (Å²) in [6.07, 6.45) is 9.50. The number of hydrogen-bond donors (Lipinski definition) is 1. The molecule has 2 aliphatic rings. The standard InChI is InChI=1S/C15H20BrNO2/c1-14(2)6-5-13(11(8-14)10-18)15(19-3)7-4-12(16)9-17-15/h4,7,9-10,17H,5-6,8H2,1-3H3. The van der Waals surface area contributed by atoms with Crippen LogP contribution in [0.4, 0.5) is 0 Å². The van der Waals surface area contributed by atoms with Gasteiger partial charge in [-0.1, -0.05) is 13.8 Å². The van der Waals surface area contributed by atoms with Crippen molar-refractivity contribution < 1.29 is 9.53 Å². The Morgan fingerprint density at radius 2 is 2.21 bits per heavy atom. The van der Waals surface area contributed by atoms with Crippen LogP contribution in [-0.4, -0.2) is 19.1 Å². The molecule has 0 aromatic heterocycles. The summed E-state index contributed by atoms with van der Waals surface area (Å²) >= 11 is 3.41. The first-order valence-corrected chi connectivity index (χ1v) is 7.27. The fraction of sp³-hybridized carbons (Fsp3) is 0.533. The van der Waals surface area contributed by atoms with Gasteiger partial charge in [0, 0.05) is 17.8 Å². The normalized spacial score (nSPS) is 29.8. The fourth-order valence-electron chi connectivity index (χ4n) is 2.78. The van der Waals surface area contributed by atoms with Crippen LogP contribution in [0, 0.1) is 5.41 Å². The first-order valence-electron chi connectivity index (χ1n) is 6.48. The molecule has 1 N–H and O–H groups in total. The van der Waals surface area contributed by atoms with Crippen LogP contribution >= 0.6 is 15.9 Å². The maximum Gasteiger partial charge on any atom is 0.180 e. The van der Waals surface area contributed by atoms with Gasteiger partial charge in [-0.05, 0) is 63.9 Å². The number of aldehydes is 1. The number of ether oxygens (including phenoxy) is 1. The van der Waals surface area contributed by atoms with Gasteiger partial charge in [0.2, 0.25) is 0 Å². The van der Waals surface area contributed by atoms with Crippen molar-refractivity contribution in [1.29, 1.82) is 0 Å². The van der Waals surface area contributed by atoms with E-state index >= 15 is 0 Å². The van der Waals surface area contributed by atoms with E-state index in [9.17, 15) is 4.79 Å². The van der Waals surface area contributed by atoms with E-state index in [0.717, 1.165) is 41.2 Å². The molecule has 0 bridgehead atoms. The molecule has 1 aliphatic carbocycles. The van der Waals surface area contributed by atoms with Crippen molar-refractivity contribution in [2.75, 3.05) is 7.11 Å². The lowest BCUT2D eigenvalue weighted by molar-refractivity contribution is -0.105. The van der Waals surface area contributed by atoms with Crippen LogP contribution in [0.15, 0.2) is 34.0 Å². The number of methoxy groups -OCH3 is 1. The number of carbonyl (C=O) groups excluding carboxylic acids is 1. The van der Waals surface area contributed by atoms with E-state index in [4.69, 9.17) is 4.74 Å². The molecule has 0 aromatic carbocycles. The van der Waals surface area contributed by atoms with E-state index in [-0.39, 0.29) is 5.41 Å². The molecule has 19 heavy (non-hydrogen) atoms. The minimum Gasteiger partial charge on any atom is -0.356 e. The Kier molecular flexibility index (Phi) is 4.02. The Labute approximate surface area is 122 Å². The van der Waals surface area contributed by atoms with Crippen LogP contribution in [0.1, 0.15) is 33.1 Å². The molecule has 1 heterocycles. The van der Waals surface area contributed by atoms with Gasteiger partial charge in [0.25, 0.3) is 0 Å². The lowest BCUT2D eigenvalue weighted by atomic mass is 9.72. The third-order valence-electron chi connectivity index (χ3n) is 3.92. The topological polar surface area (TPSA) is 38.3 Å². The van der Waals surface area contributed by atoms with Crippen molar-refractivity contribution in [2.24, 2.45) is 5.41 Å². The molecule has 0 aromatic rings. The van der Waals surface area contributed by atoms with Gasteiger partial charge in [-0.15, -0.1) is 0 Å². The number of dihydropyridines is 1. The highest BCUT2D eigenvalue weighted by molar-refractivity contribution is 9.11. The maximum atomic E-state index is 11.4. The molecule has 104 valence electrons. The zero-order valence-electron chi connectivity index (χ0n) is 11.6. The van der Waals surface area contributed by atoms with Crippen LogP contribution in [-0.2, 0) is 9.53 Å².